The second-order valence-corrected chi connectivity index (χ2v) is 6.25. The summed E-state index contributed by atoms with van der Waals surface area (Å²) < 4.78 is 31.0. The fourth-order valence-corrected chi connectivity index (χ4v) is 2.92. The van der Waals surface area contributed by atoms with E-state index < -0.39 is 10.0 Å². The number of hydrogen-bond donors (Lipinski definition) is 1. The highest BCUT2D eigenvalue weighted by molar-refractivity contribution is 7.89. The largest absolute Gasteiger partial charge is 0.384 e. The molecule has 0 aliphatic carbocycles. The smallest absolute Gasteiger partial charge is 0.214 e. The summed E-state index contributed by atoms with van der Waals surface area (Å²) in [6.45, 7) is 2.12. The van der Waals surface area contributed by atoms with E-state index in [9.17, 15) is 8.42 Å². The molecule has 0 amide bonds. The third-order valence-electron chi connectivity index (χ3n) is 2.56. The van der Waals surface area contributed by atoms with Crippen molar-refractivity contribution in [1.82, 2.24) is 4.72 Å². The molecule has 4 nitrogen and oxygen atoms in total. The summed E-state index contributed by atoms with van der Waals surface area (Å²) in [5.74, 6) is -0.0341. The van der Waals surface area contributed by atoms with Gasteiger partial charge in [0.2, 0.25) is 10.0 Å². The summed E-state index contributed by atoms with van der Waals surface area (Å²) in [4.78, 5) is 0. The predicted molar refractivity (Wildman–Crippen MR) is 73.3 cm³/mol. The Morgan fingerprint density at radius 2 is 1.94 bits per heavy atom. The maximum Gasteiger partial charge on any atom is 0.214 e. The second kappa shape index (κ2) is 7.09. The van der Waals surface area contributed by atoms with E-state index in [2.05, 4.69) is 4.72 Å². The van der Waals surface area contributed by atoms with Gasteiger partial charge in [-0.05, 0) is 24.1 Å². The van der Waals surface area contributed by atoms with Crippen LogP contribution >= 0.6 is 11.6 Å². The van der Waals surface area contributed by atoms with Crippen LogP contribution in [0.4, 0.5) is 0 Å². The topological polar surface area (TPSA) is 55.4 Å². The molecule has 1 atom stereocenters. The number of benzene rings is 1. The molecule has 0 aliphatic rings. The highest BCUT2D eigenvalue weighted by atomic mass is 35.5. The summed E-state index contributed by atoms with van der Waals surface area (Å²) in [5.41, 5.74) is 0.905. The van der Waals surface area contributed by atoms with E-state index in [-0.39, 0.29) is 18.4 Å². The van der Waals surface area contributed by atoms with Crippen LogP contribution in [0.1, 0.15) is 24.9 Å². The summed E-state index contributed by atoms with van der Waals surface area (Å²) >= 11 is 5.81. The third kappa shape index (κ3) is 4.94. The number of methoxy groups -OCH3 is 1. The van der Waals surface area contributed by atoms with E-state index in [1.807, 2.05) is 19.1 Å². The van der Waals surface area contributed by atoms with Gasteiger partial charge in [-0.1, -0.05) is 30.7 Å². The van der Waals surface area contributed by atoms with Crippen LogP contribution in [0.15, 0.2) is 24.3 Å². The second-order valence-electron chi connectivity index (χ2n) is 3.94. The molecule has 0 unspecified atom stereocenters. The Hall–Kier alpha value is -0.620. The summed E-state index contributed by atoms with van der Waals surface area (Å²) in [6, 6.07) is 6.93. The monoisotopic (exact) mass is 291 g/mol. The van der Waals surface area contributed by atoms with Crippen molar-refractivity contribution in [3.63, 3.8) is 0 Å². The molecule has 1 rings (SSSR count). The first-order chi connectivity index (χ1) is 8.48. The lowest BCUT2D eigenvalue weighted by Gasteiger charge is -2.17. The minimum Gasteiger partial charge on any atom is -0.384 e. The van der Waals surface area contributed by atoms with E-state index in [1.165, 1.54) is 7.11 Å². The highest BCUT2D eigenvalue weighted by Gasteiger charge is 2.17. The Balaban J connectivity index is 2.76. The Labute approximate surface area is 113 Å². The van der Waals surface area contributed by atoms with Crippen molar-refractivity contribution in [2.45, 2.75) is 19.4 Å². The standard InChI is InChI=1S/C12H18ClNO3S/c1-3-12(10-4-6-11(13)7-5-10)14-18(15,16)9-8-17-2/h4-7,12,14H,3,8-9H2,1-2H3/t12-/m0/s1. The summed E-state index contributed by atoms with van der Waals surface area (Å²) in [6.07, 6.45) is 0.674. The Kier molecular flexibility index (Phi) is 6.08. The van der Waals surface area contributed by atoms with Crippen molar-refractivity contribution >= 4 is 21.6 Å². The van der Waals surface area contributed by atoms with Crippen LogP contribution in [-0.4, -0.2) is 27.9 Å². The van der Waals surface area contributed by atoms with Gasteiger partial charge in [-0.15, -0.1) is 0 Å². The van der Waals surface area contributed by atoms with Crippen LogP contribution in [-0.2, 0) is 14.8 Å². The zero-order valence-electron chi connectivity index (χ0n) is 10.5. The van der Waals surface area contributed by atoms with E-state index in [0.717, 1.165) is 5.56 Å². The number of hydrogen-bond acceptors (Lipinski definition) is 3. The lowest BCUT2D eigenvalue weighted by molar-refractivity contribution is 0.216. The van der Waals surface area contributed by atoms with Gasteiger partial charge < -0.3 is 4.74 Å². The molecular weight excluding hydrogens is 274 g/mol. The maximum absolute atomic E-state index is 11.8. The van der Waals surface area contributed by atoms with Gasteiger partial charge in [0.1, 0.15) is 0 Å². The molecular formula is C12H18ClNO3S. The maximum atomic E-state index is 11.8. The molecule has 0 aliphatic heterocycles. The minimum atomic E-state index is -3.32. The van der Waals surface area contributed by atoms with Gasteiger partial charge in [0.05, 0.1) is 12.4 Å². The van der Waals surface area contributed by atoms with Crippen LogP contribution < -0.4 is 4.72 Å². The van der Waals surface area contributed by atoms with Crippen molar-refractivity contribution in [2.75, 3.05) is 19.5 Å². The van der Waals surface area contributed by atoms with Gasteiger partial charge in [0, 0.05) is 18.2 Å². The van der Waals surface area contributed by atoms with Crippen LogP contribution in [0.5, 0.6) is 0 Å². The molecule has 18 heavy (non-hydrogen) atoms. The Morgan fingerprint density at radius 3 is 2.44 bits per heavy atom. The molecule has 1 N–H and O–H groups in total. The van der Waals surface area contributed by atoms with Crippen LogP contribution in [0.3, 0.4) is 0 Å². The first-order valence-corrected chi connectivity index (χ1v) is 7.76. The van der Waals surface area contributed by atoms with Gasteiger partial charge in [0.25, 0.3) is 0 Å². The van der Waals surface area contributed by atoms with Crippen LogP contribution in [0, 0.1) is 0 Å². The van der Waals surface area contributed by atoms with Crippen molar-refractivity contribution < 1.29 is 13.2 Å². The first kappa shape index (κ1) is 15.4. The van der Waals surface area contributed by atoms with Gasteiger partial charge in [-0.3, -0.25) is 0 Å². The van der Waals surface area contributed by atoms with Gasteiger partial charge in [0.15, 0.2) is 0 Å². The molecule has 102 valence electrons. The molecule has 6 heteroatoms. The molecule has 0 radical (unpaired) electrons. The fraction of sp³-hybridized carbons (Fsp3) is 0.500. The fourth-order valence-electron chi connectivity index (χ4n) is 1.55. The van der Waals surface area contributed by atoms with Crippen molar-refractivity contribution in [3.05, 3.63) is 34.9 Å². The van der Waals surface area contributed by atoms with Gasteiger partial charge in [-0.2, -0.15) is 0 Å². The number of sulfonamides is 1. The Bertz CT molecular complexity index is 459. The number of nitrogens with one attached hydrogen (secondary N) is 1. The SMILES string of the molecule is CC[C@H](NS(=O)(=O)CCOC)c1ccc(Cl)cc1. The van der Waals surface area contributed by atoms with Gasteiger partial charge in [-0.25, -0.2) is 13.1 Å². The van der Waals surface area contributed by atoms with Gasteiger partial charge >= 0.3 is 0 Å². The molecule has 1 aromatic rings. The number of halogens is 1. The third-order valence-corrected chi connectivity index (χ3v) is 4.16. The molecule has 0 heterocycles. The zero-order chi connectivity index (χ0) is 13.6. The molecule has 0 spiro atoms. The normalized spacial score (nSPS) is 13.5. The molecule has 0 saturated heterocycles. The predicted octanol–water partition coefficient (Wildman–Crippen LogP) is 2.36. The minimum absolute atomic E-state index is 0.0341. The lowest BCUT2D eigenvalue weighted by atomic mass is 10.1. The van der Waals surface area contributed by atoms with Crippen LogP contribution in [0.25, 0.3) is 0 Å². The summed E-state index contributed by atoms with van der Waals surface area (Å²) in [5, 5.41) is 0.635. The van der Waals surface area contributed by atoms with Crippen molar-refractivity contribution in [2.24, 2.45) is 0 Å². The van der Waals surface area contributed by atoms with Crippen LogP contribution in [0.2, 0.25) is 5.02 Å². The number of rotatable bonds is 7. The molecule has 0 aromatic heterocycles. The lowest BCUT2D eigenvalue weighted by Crippen LogP contribution is -2.31. The summed E-state index contributed by atoms with van der Waals surface area (Å²) in [7, 11) is -1.84. The quantitative estimate of drug-likeness (QED) is 0.839. The first-order valence-electron chi connectivity index (χ1n) is 5.73. The zero-order valence-corrected chi connectivity index (χ0v) is 12.1. The average molecular weight is 292 g/mol. The van der Waals surface area contributed by atoms with E-state index >= 15 is 0 Å². The highest BCUT2D eigenvalue weighted by Crippen LogP contribution is 2.19. The Morgan fingerprint density at radius 1 is 1.33 bits per heavy atom. The van der Waals surface area contributed by atoms with E-state index in [4.69, 9.17) is 16.3 Å². The van der Waals surface area contributed by atoms with E-state index in [0.29, 0.717) is 11.4 Å². The van der Waals surface area contributed by atoms with Crippen molar-refractivity contribution in [1.29, 1.82) is 0 Å². The average Bonchev–Trinajstić information content (AvgIpc) is 2.35. The molecule has 0 bridgehead atoms. The molecule has 0 saturated carbocycles. The molecule has 0 fully saturated rings. The number of ether oxygens (including phenoxy) is 1. The van der Waals surface area contributed by atoms with E-state index in [1.54, 1.807) is 12.1 Å². The van der Waals surface area contributed by atoms with Crippen molar-refractivity contribution in [3.8, 4) is 0 Å². The molecule has 1 aromatic carbocycles.